The molecule has 4 nitrogen and oxygen atoms in total. The standard InChI is InChI=1S/C24H17FN2O2/c1-26-17-10-5-9-16(13-17)21-18-11-6-12-19(24(25)29)22(18)27-14-20(21)23(28)15-7-3-2-4-8-15/h2-14,26H,1H3. The first-order chi connectivity index (χ1) is 14.1. The summed E-state index contributed by atoms with van der Waals surface area (Å²) in [5.41, 5.74) is 3.28. The number of rotatable bonds is 5. The summed E-state index contributed by atoms with van der Waals surface area (Å²) < 4.78 is 13.6. The van der Waals surface area contributed by atoms with E-state index in [0.717, 1.165) is 11.3 Å². The van der Waals surface area contributed by atoms with Crippen molar-refractivity contribution in [2.45, 2.75) is 0 Å². The molecule has 1 aromatic heterocycles. The largest absolute Gasteiger partial charge is 0.388 e. The van der Waals surface area contributed by atoms with Crippen LogP contribution in [-0.4, -0.2) is 23.9 Å². The molecule has 0 amide bonds. The quantitative estimate of drug-likeness (QED) is 0.375. The van der Waals surface area contributed by atoms with E-state index < -0.39 is 6.04 Å². The first kappa shape index (κ1) is 18.5. The number of nitrogens with zero attached hydrogens (tertiary/aromatic N) is 1. The van der Waals surface area contributed by atoms with Crippen molar-refractivity contribution in [3.63, 3.8) is 0 Å². The van der Waals surface area contributed by atoms with E-state index in [2.05, 4.69) is 10.3 Å². The molecule has 0 radical (unpaired) electrons. The fourth-order valence-corrected chi connectivity index (χ4v) is 3.44. The van der Waals surface area contributed by atoms with E-state index in [1.165, 1.54) is 12.3 Å². The lowest BCUT2D eigenvalue weighted by atomic mass is 9.91. The van der Waals surface area contributed by atoms with Crippen LogP contribution in [0.15, 0.2) is 79.0 Å². The zero-order chi connectivity index (χ0) is 20.4. The fraction of sp³-hybridized carbons (Fsp3) is 0.0417. The van der Waals surface area contributed by atoms with Crippen molar-refractivity contribution >= 4 is 28.4 Å². The van der Waals surface area contributed by atoms with Gasteiger partial charge in [0.15, 0.2) is 5.78 Å². The Kier molecular flexibility index (Phi) is 4.87. The molecule has 1 N–H and O–H groups in total. The Bertz CT molecular complexity index is 1240. The Balaban J connectivity index is 2.06. The number of carbonyl (C=O) groups excluding carboxylic acids is 2. The lowest BCUT2D eigenvalue weighted by molar-refractivity contribution is 0.0837. The summed E-state index contributed by atoms with van der Waals surface area (Å²) in [6, 6.07) is 19.6. The molecule has 5 heteroatoms. The monoisotopic (exact) mass is 384 g/mol. The Morgan fingerprint density at radius 2 is 1.66 bits per heavy atom. The van der Waals surface area contributed by atoms with E-state index in [0.29, 0.717) is 22.1 Å². The molecule has 0 aliphatic rings. The number of hydrogen-bond donors (Lipinski definition) is 1. The maximum atomic E-state index is 13.6. The second kappa shape index (κ2) is 7.64. The van der Waals surface area contributed by atoms with Gasteiger partial charge in [0.2, 0.25) is 0 Å². The van der Waals surface area contributed by atoms with E-state index in [1.807, 2.05) is 30.3 Å². The van der Waals surface area contributed by atoms with Crippen LogP contribution in [0.4, 0.5) is 10.1 Å². The van der Waals surface area contributed by atoms with E-state index in [1.54, 1.807) is 43.4 Å². The smallest absolute Gasteiger partial charge is 0.334 e. The van der Waals surface area contributed by atoms with Gasteiger partial charge in [-0.25, -0.2) is 0 Å². The Morgan fingerprint density at radius 3 is 2.38 bits per heavy atom. The number of fused-ring (bicyclic) bond motifs is 1. The van der Waals surface area contributed by atoms with Crippen molar-refractivity contribution in [3.05, 3.63) is 95.7 Å². The van der Waals surface area contributed by atoms with Gasteiger partial charge in [-0.2, -0.15) is 4.39 Å². The van der Waals surface area contributed by atoms with Crippen molar-refractivity contribution in [1.29, 1.82) is 0 Å². The molecule has 29 heavy (non-hydrogen) atoms. The van der Waals surface area contributed by atoms with Crippen molar-refractivity contribution in [1.82, 2.24) is 4.98 Å². The molecule has 0 saturated heterocycles. The van der Waals surface area contributed by atoms with Gasteiger partial charge in [-0.1, -0.05) is 54.6 Å². The molecule has 0 aliphatic heterocycles. The van der Waals surface area contributed by atoms with Crippen LogP contribution in [0.3, 0.4) is 0 Å². The van der Waals surface area contributed by atoms with Gasteiger partial charge >= 0.3 is 6.04 Å². The fourth-order valence-electron chi connectivity index (χ4n) is 3.44. The summed E-state index contributed by atoms with van der Waals surface area (Å²) in [5.74, 6) is -0.193. The van der Waals surface area contributed by atoms with Gasteiger partial charge in [0.05, 0.1) is 11.1 Å². The molecule has 4 rings (SSSR count). The van der Waals surface area contributed by atoms with Gasteiger partial charge in [-0.05, 0) is 23.8 Å². The van der Waals surface area contributed by atoms with Gasteiger partial charge in [-0.15, -0.1) is 0 Å². The van der Waals surface area contributed by atoms with Crippen LogP contribution in [0.5, 0.6) is 0 Å². The highest BCUT2D eigenvalue weighted by Crippen LogP contribution is 2.35. The Labute approximate surface area is 167 Å². The third-order valence-corrected chi connectivity index (χ3v) is 4.83. The predicted octanol–water partition coefficient (Wildman–Crippen LogP) is 5.28. The minimum Gasteiger partial charge on any atom is -0.388 e. The van der Waals surface area contributed by atoms with Crippen LogP contribution in [0.2, 0.25) is 0 Å². The molecule has 142 valence electrons. The average molecular weight is 384 g/mol. The molecule has 1 heterocycles. The number of ketones is 1. The molecule has 0 fully saturated rings. The van der Waals surface area contributed by atoms with Gasteiger partial charge < -0.3 is 5.32 Å². The molecular weight excluding hydrogens is 367 g/mol. The Morgan fingerprint density at radius 1 is 0.897 bits per heavy atom. The molecule has 3 aromatic carbocycles. The number of aromatic nitrogens is 1. The van der Waals surface area contributed by atoms with Crippen LogP contribution in [-0.2, 0) is 0 Å². The van der Waals surface area contributed by atoms with Crippen molar-refractivity contribution in [2.24, 2.45) is 0 Å². The van der Waals surface area contributed by atoms with Crippen LogP contribution in [0.25, 0.3) is 22.0 Å². The first-order valence-electron chi connectivity index (χ1n) is 9.09. The zero-order valence-corrected chi connectivity index (χ0v) is 15.6. The summed E-state index contributed by atoms with van der Waals surface area (Å²) in [4.78, 5) is 29.0. The number of anilines is 1. The van der Waals surface area contributed by atoms with E-state index in [9.17, 15) is 14.0 Å². The SMILES string of the molecule is CNc1cccc(-c2c(C(=O)c3ccccc3)cnc3c(C(=O)F)cccc23)c1. The first-order valence-corrected chi connectivity index (χ1v) is 9.09. The van der Waals surface area contributed by atoms with Crippen LogP contribution < -0.4 is 5.32 Å². The minimum absolute atomic E-state index is 0.118. The molecular formula is C24H17FN2O2. The summed E-state index contributed by atoms with van der Waals surface area (Å²) in [5, 5.41) is 3.63. The second-order valence-electron chi connectivity index (χ2n) is 6.55. The molecule has 0 aliphatic carbocycles. The van der Waals surface area contributed by atoms with Gasteiger partial charge in [0.1, 0.15) is 0 Å². The third-order valence-electron chi connectivity index (χ3n) is 4.83. The second-order valence-corrected chi connectivity index (χ2v) is 6.55. The normalized spacial score (nSPS) is 10.7. The summed E-state index contributed by atoms with van der Waals surface area (Å²) in [6.07, 6.45) is 1.42. The maximum absolute atomic E-state index is 13.6. The lowest BCUT2D eigenvalue weighted by Crippen LogP contribution is -2.06. The maximum Gasteiger partial charge on any atom is 0.334 e. The summed E-state index contributed by atoms with van der Waals surface area (Å²) in [6.45, 7) is 0. The molecule has 0 unspecified atom stereocenters. The van der Waals surface area contributed by atoms with Crippen LogP contribution in [0, 0.1) is 0 Å². The van der Waals surface area contributed by atoms with Crippen LogP contribution in [0.1, 0.15) is 26.3 Å². The van der Waals surface area contributed by atoms with Crippen molar-refractivity contribution in [2.75, 3.05) is 12.4 Å². The minimum atomic E-state index is -1.56. The van der Waals surface area contributed by atoms with Crippen molar-refractivity contribution < 1.29 is 14.0 Å². The zero-order valence-electron chi connectivity index (χ0n) is 15.6. The number of pyridine rings is 1. The molecule has 0 bridgehead atoms. The average Bonchev–Trinajstić information content (AvgIpc) is 2.77. The number of para-hydroxylation sites is 1. The molecule has 0 spiro atoms. The Hall–Kier alpha value is -3.86. The van der Waals surface area contributed by atoms with Gasteiger partial charge in [-0.3, -0.25) is 14.6 Å². The number of halogens is 1. The lowest BCUT2D eigenvalue weighted by Gasteiger charge is -2.14. The highest BCUT2D eigenvalue weighted by Gasteiger charge is 2.21. The van der Waals surface area contributed by atoms with Crippen molar-refractivity contribution in [3.8, 4) is 11.1 Å². The van der Waals surface area contributed by atoms with Crippen LogP contribution >= 0.6 is 0 Å². The summed E-state index contributed by atoms with van der Waals surface area (Å²) in [7, 11) is 1.81. The van der Waals surface area contributed by atoms with E-state index in [4.69, 9.17) is 0 Å². The third kappa shape index (κ3) is 3.38. The van der Waals surface area contributed by atoms with E-state index >= 15 is 0 Å². The predicted molar refractivity (Wildman–Crippen MR) is 112 cm³/mol. The topological polar surface area (TPSA) is 59.1 Å². The number of benzene rings is 3. The highest BCUT2D eigenvalue weighted by molar-refractivity contribution is 6.18. The van der Waals surface area contributed by atoms with E-state index in [-0.39, 0.29) is 16.9 Å². The summed E-state index contributed by atoms with van der Waals surface area (Å²) >= 11 is 0. The number of nitrogens with one attached hydrogen (secondary N) is 1. The number of hydrogen-bond acceptors (Lipinski definition) is 4. The molecule has 4 aromatic rings. The molecule has 0 atom stereocenters. The van der Waals surface area contributed by atoms with Gasteiger partial charge in [0.25, 0.3) is 0 Å². The molecule has 0 saturated carbocycles. The highest BCUT2D eigenvalue weighted by atomic mass is 19.1. The van der Waals surface area contributed by atoms with Gasteiger partial charge in [0, 0.05) is 41.0 Å². The number of carbonyl (C=O) groups is 2.